The molecule has 0 saturated carbocycles. The Morgan fingerprint density at radius 3 is 2.50 bits per heavy atom. The number of benzene rings is 2. The molecule has 0 atom stereocenters. The number of aliphatic imine (C=N–C) groups is 1. The number of nitrogens with one attached hydrogen (secondary N) is 2. The summed E-state index contributed by atoms with van der Waals surface area (Å²) in [5, 5.41) is 5.76. The number of hydrazine groups is 1. The summed E-state index contributed by atoms with van der Waals surface area (Å²) in [7, 11) is 0. The van der Waals surface area contributed by atoms with E-state index in [0.29, 0.717) is 11.7 Å². The van der Waals surface area contributed by atoms with E-state index in [1.54, 1.807) is 0 Å². The minimum Gasteiger partial charge on any atom is -0.357 e. The van der Waals surface area contributed by atoms with E-state index in [9.17, 15) is 0 Å². The van der Waals surface area contributed by atoms with E-state index in [0.717, 1.165) is 24.5 Å². The van der Waals surface area contributed by atoms with Gasteiger partial charge in [0.1, 0.15) is 5.84 Å². The summed E-state index contributed by atoms with van der Waals surface area (Å²) in [6.45, 7) is 1.59. The van der Waals surface area contributed by atoms with Gasteiger partial charge in [0, 0.05) is 19.5 Å². The van der Waals surface area contributed by atoms with Gasteiger partial charge in [-0.2, -0.15) is 0 Å². The van der Waals surface area contributed by atoms with Gasteiger partial charge in [0.2, 0.25) is 0 Å². The Bertz CT molecular complexity index is 655. The third-order valence-corrected chi connectivity index (χ3v) is 3.66. The Kier molecular flexibility index (Phi) is 4.65. The van der Waals surface area contributed by atoms with Crippen LogP contribution in [0.25, 0.3) is 0 Å². The van der Waals surface area contributed by atoms with Gasteiger partial charge in [-0.1, -0.05) is 48.5 Å². The number of nitrogens with zero attached hydrogens (tertiary/aromatic N) is 2. The van der Waals surface area contributed by atoms with Crippen LogP contribution in [-0.2, 0) is 6.54 Å². The van der Waals surface area contributed by atoms with Gasteiger partial charge in [0.25, 0.3) is 0 Å². The molecule has 1 saturated heterocycles. The molecule has 5 heteroatoms. The average molecular weight is 310 g/mol. The van der Waals surface area contributed by atoms with Gasteiger partial charge in [0.15, 0.2) is 5.11 Å². The van der Waals surface area contributed by atoms with Crippen molar-refractivity contribution < 1.29 is 0 Å². The number of rotatable bonds is 3. The van der Waals surface area contributed by atoms with Crippen molar-refractivity contribution in [2.45, 2.75) is 13.0 Å². The number of para-hydroxylation sites is 1. The van der Waals surface area contributed by atoms with Crippen LogP contribution in [0.5, 0.6) is 0 Å². The monoisotopic (exact) mass is 310 g/mol. The maximum atomic E-state index is 5.29. The zero-order chi connectivity index (χ0) is 15.2. The molecule has 0 unspecified atom stereocenters. The van der Waals surface area contributed by atoms with Gasteiger partial charge in [-0.25, -0.2) is 4.99 Å². The Balaban J connectivity index is 1.54. The zero-order valence-corrected chi connectivity index (χ0v) is 13.0. The quantitative estimate of drug-likeness (QED) is 0.855. The third kappa shape index (κ3) is 3.83. The van der Waals surface area contributed by atoms with Gasteiger partial charge >= 0.3 is 0 Å². The molecule has 4 nitrogen and oxygen atoms in total. The minimum atomic E-state index is 0.515. The summed E-state index contributed by atoms with van der Waals surface area (Å²) in [4.78, 5) is 4.45. The van der Waals surface area contributed by atoms with E-state index in [1.165, 1.54) is 5.56 Å². The van der Waals surface area contributed by atoms with Gasteiger partial charge in [0.05, 0.1) is 5.69 Å². The SMILES string of the molecule is S=C(/N=C1\CCN(c2ccccc2)N1)NCc1ccccc1. The van der Waals surface area contributed by atoms with E-state index >= 15 is 0 Å². The zero-order valence-electron chi connectivity index (χ0n) is 12.2. The van der Waals surface area contributed by atoms with Crippen LogP contribution >= 0.6 is 12.2 Å². The molecule has 1 heterocycles. The van der Waals surface area contributed by atoms with Crippen LogP contribution in [0, 0.1) is 0 Å². The first-order valence-electron chi connectivity index (χ1n) is 7.30. The average Bonchev–Trinajstić information content (AvgIpc) is 3.03. The molecule has 0 spiro atoms. The lowest BCUT2D eigenvalue weighted by Crippen LogP contribution is -2.34. The molecule has 1 aliphatic heterocycles. The fourth-order valence-electron chi connectivity index (χ4n) is 2.30. The first kappa shape index (κ1) is 14.5. The van der Waals surface area contributed by atoms with E-state index in [1.807, 2.05) is 36.4 Å². The van der Waals surface area contributed by atoms with Crippen molar-refractivity contribution in [3.8, 4) is 0 Å². The second kappa shape index (κ2) is 7.04. The molecule has 0 radical (unpaired) electrons. The third-order valence-electron chi connectivity index (χ3n) is 3.43. The summed E-state index contributed by atoms with van der Waals surface area (Å²) in [6, 6.07) is 20.4. The molecule has 0 aromatic heterocycles. The molecular formula is C17H18N4S. The second-order valence-electron chi connectivity index (χ2n) is 5.05. The fraction of sp³-hybridized carbons (Fsp3) is 0.176. The van der Waals surface area contributed by atoms with Crippen LogP contribution < -0.4 is 15.8 Å². The van der Waals surface area contributed by atoms with Crippen LogP contribution in [0.2, 0.25) is 0 Å². The summed E-state index contributed by atoms with van der Waals surface area (Å²) >= 11 is 5.29. The highest BCUT2D eigenvalue weighted by molar-refractivity contribution is 7.80. The molecular weight excluding hydrogens is 292 g/mol. The highest BCUT2D eigenvalue weighted by Gasteiger charge is 2.17. The predicted molar refractivity (Wildman–Crippen MR) is 94.9 cm³/mol. The number of amidine groups is 1. The maximum absolute atomic E-state index is 5.29. The minimum absolute atomic E-state index is 0.515. The summed E-state index contributed by atoms with van der Waals surface area (Å²) < 4.78 is 0. The van der Waals surface area contributed by atoms with Crippen LogP contribution in [-0.4, -0.2) is 17.5 Å². The normalized spacial score (nSPS) is 15.6. The maximum Gasteiger partial charge on any atom is 0.194 e. The largest absolute Gasteiger partial charge is 0.357 e. The van der Waals surface area contributed by atoms with Crippen LogP contribution in [0.15, 0.2) is 65.7 Å². The van der Waals surface area contributed by atoms with Gasteiger partial charge < -0.3 is 5.32 Å². The number of thiocarbonyl (C=S) groups is 1. The highest BCUT2D eigenvalue weighted by Crippen LogP contribution is 2.14. The molecule has 1 fully saturated rings. The van der Waals surface area contributed by atoms with Gasteiger partial charge in [-0.3, -0.25) is 10.4 Å². The van der Waals surface area contributed by atoms with Crippen molar-refractivity contribution in [1.82, 2.24) is 10.7 Å². The van der Waals surface area contributed by atoms with Crippen LogP contribution in [0.4, 0.5) is 5.69 Å². The van der Waals surface area contributed by atoms with E-state index < -0.39 is 0 Å². The lowest BCUT2D eigenvalue weighted by molar-refractivity contribution is 0.857. The number of hydrogen-bond donors (Lipinski definition) is 2. The molecule has 1 aliphatic rings. The highest BCUT2D eigenvalue weighted by atomic mass is 32.1. The molecule has 0 amide bonds. The van der Waals surface area contributed by atoms with Crippen molar-refractivity contribution in [3.63, 3.8) is 0 Å². The van der Waals surface area contributed by atoms with Crippen molar-refractivity contribution >= 4 is 28.9 Å². The summed E-state index contributed by atoms with van der Waals surface area (Å²) in [5.74, 6) is 0.898. The molecule has 112 valence electrons. The first-order valence-corrected chi connectivity index (χ1v) is 7.71. The van der Waals surface area contributed by atoms with E-state index in [2.05, 4.69) is 45.0 Å². The molecule has 2 N–H and O–H groups in total. The van der Waals surface area contributed by atoms with E-state index in [4.69, 9.17) is 12.2 Å². The predicted octanol–water partition coefficient (Wildman–Crippen LogP) is 2.87. The van der Waals surface area contributed by atoms with E-state index in [-0.39, 0.29) is 0 Å². The number of hydrogen-bond acceptors (Lipinski definition) is 2. The second-order valence-corrected chi connectivity index (χ2v) is 5.44. The van der Waals surface area contributed by atoms with Crippen LogP contribution in [0.3, 0.4) is 0 Å². The Morgan fingerprint density at radius 1 is 1.09 bits per heavy atom. The molecule has 0 bridgehead atoms. The fourth-order valence-corrected chi connectivity index (χ4v) is 2.49. The molecule has 3 rings (SSSR count). The van der Waals surface area contributed by atoms with Gasteiger partial charge in [-0.05, 0) is 29.9 Å². The lowest BCUT2D eigenvalue weighted by Gasteiger charge is -2.17. The van der Waals surface area contributed by atoms with Crippen LogP contribution in [0.1, 0.15) is 12.0 Å². The smallest absolute Gasteiger partial charge is 0.194 e. The molecule has 0 aliphatic carbocycles. The van der Waals surface area contributed by atoms with Crippen molar-refractivity contribution in [2.24, 2.45) is 4.99 Å². The standard InChI is InChI=1S/C17H18N4S/c22-17(18-13-14-7-3-1-4-8-14)19-16-11-12-21(20-16)15-9-5-2-6-10-15/h1-10H,11-13H2,(H2,18,19,20,22). The Morgan fingerprint density at radius 2 is 1.77 bits per heavy atom. The van der Waals surface area contributed by atoms with Crippen molar-refractivity contribution in [2.75, 3.05) is 11.6 Å². The molecule has 22 heavy (non-hydrogen) atoms. The Hall–Kier alpha value is -2.40. The van der Waals surface area contributed by atoms with Crippen molar-refractivity contribution in [1.29, 1.82) is 0 Å². The van der Waals surface area contributed by atoms with Gasteiger partial charge in [-0.15, -0.1) is 0 Å². The molecule has 2 aromatic carbocycles. The lowest BCUT2D eigenvalue weighted by atomic mass is 10.2. The van der Waals surface area contributed by atoms with Crippen molar-refractivity contribution in [3.05, 3.63) is 66.2 Å². The summed E-state index contributed by atoms with van der Waals surface area (Å²) in [6.07, 6.45) is 0.863. The first-order chi connectivity index (χ1) is 10.8. The Labute approximate surface area is 135 Å². The number of anilines is 1. The topological polar surface area (TPSA) is 39.7 Å². The molecule has 2 aromatic rings. The summed E-state index contributed by atoms with van der Waals surface area (Å²) in [5.41, 5.74) is 5.62.